The topological polar surface area (TPSA) is 72.2 Å². The summed E-state index contributed by atoms with van der Waals surface area (Å²) in [6.45, 7) is 4.73. The van der Waals surface area contributed by atoms with Gasteiger partial charge in [0.15, 0.2) is 5.16 Å². The van der Waals surface area contributed by atoms with Crippen molar-refractivity contribution in [2.45, 2.75) is 25.5 Å². The van der Waals surface area contributed by atoms with E-state index in [4.69, 9.17) is 0 Å². The minimum Gasteiger partial charge on any atom is -0.319 e. The van der Waals surface area contributed by atoms with Gasteiger partial charge in [-0.2, -0.15) is 5.10 Å². The molecule has 1 aromatic carbocycles. The van der Waals surface area contributed by atoms with Crippen molar-refractivity contribution in [3.63, 3.8) is 0 Å². The molecular formula is C18H19N5OS. The number of nitrogens with one attached hydrogen (secondary N) is 1. The standard InChI is InChI=1S/C18H19N5OS/c1-3-23-16-7-5-4-6-15(16)20-18(23)25-12-17(24)22-21-13(2)14-8-10-19-11-9-14/h4-11H,3,12H2,1-2H3,(H,22,24). The number of carbonyl (C=O) groups excluding carboxylic acids is 1. The van der Waals surface area contributed by atoms with Crippen LogP contribution < -0.4 is 5.43 Å². The molecule has 0 fully saturated rings. The van der Waals surface area contributed by atoms with Gasteiger partial charge in [0.2, 0.25) is 0 Å². The fourth-order valence-electron chi connectivity index (χ4n) is 2.44. The van der Waals surface area contributed by atoms with Gasteiger partial charge in [0.05, 0.1) is 22.5 Å². The van der Waals surface area contributed by atoms with Gasteiger partial charge in [0.1, 0.15) is 0 Å². The van der Waals surface area contributed by atoms with Gasteiger partial charge < -0.3 is 4.57 Å². The number of hydrogen-bond donors (Lipinski definition) is 1. The van der Waals surface area contributed by atoms with Crippen molar-refractivity contribution in [2.24, 2.45) is 5.10 Å². The number of benzene rings is 1. The summed E-state index contributed by atoms with van der Waals surface area (Å²) in [6.07, 6.45) is 3.39. The SMILES string of the molecule is CCn1c(SCC(=O)NN=C(C)c2ccncc2)nc2ccccc21. The number of aryl methyl sites for hydroxylation is 1. The lowest BCUT2D eigenvalue weighted by molar-refractivity contribution is -0.118. The van der Waals surface area contributed by atoms with Crippen LogP contribution in [0.4, 0.5) is 0 Å². The van der Waals surface area contributed by atoms with E-state index in [-0.39, 0.29) is 11.7 Å². The Labute approximate surface area is 150 Å². The Morgan fingerprint density at radius 1 is 1.24 bits per heavy atom. The summed E-state index contributed by atoms with van der Waals surface area (Å²) in [5.41, 5.74) is 6.28. The Morgan fingerprint density at radius 2 is 2.00 bits per heavy atom. The molecule has 0 saturated carbocycles. The third-order valence-corrected chi connectivity index (χ3v) is 4.69. The van der Waals surface area contributed by atoms with Crippen molar-refractivity contribution in [1.82, 2.24) is 20.0 Å². The zero-order valence-corrected chi connectivity index (χ0v) is 15.0. The van der Waals surface area contributed by atoms with E-state index in [1.807, 2.05) is 43.3 Å². The zero-order valence-electron chi connectivity index (χ0n) is 14.1. The lowest BCUT2D eigenvalue weighted by Gasteiger charge is -2.05. The number of aromatic nitrogens is 3. The normalized spacial score (nSPS) is 11.7. The summed E-state index contributed by atoms with van der Waals surface area (Å²) >= 11 is 1.41. The second-order valence-corrected chi connectivity index (χ2v) is 6.33. The van der Waals surface area contributed by atoms with E-state index in [0.717, 1.165) is 34.0 Å². The highest BCUT2D eigenvalue weighted by atomic mass is 32.2. The van der Waals surface area contributed by atoms with Crippen molar-refractivity contribution < 1.29 is 4.79 Å². The Bertz CT molecular complexity index is 904. The number of fused-ring (bicyclic) bond motifs is 1. The Balaban J connectivity index is 1.63. The van der Waals surface area contributed by atoms with E-state index in [9.17, 15) is 4.79 Å². The number of rotatable bonds is 6. The second kappa shape index (κ2) is 7.94. The number of para-hydroxylation sites is 2. The molecule has 3 aromatic rings. The van der Waals surface area contributed by atoms with Gasteiger partial charge in [-0.1, -0.05) is 23.9 Å². The van der Waals surface area contributed by atoms with Crippen LogP contribution in [0.3, 0.4) is 0 Å². The summed E-state index contributed by atoms with van der Waals surface area (Å²) in [4.78, 5) is 20.6. The third-order valence-electron chi connectivity index (χ3n) is 3.71. The quantitative estimate of drug-likeness (QED) is 0.420. The number of thioether (sulfide) groups is 1. The van der Waals surface area contributed by atoms with Crippen LogP contribution in [0.25, 0.3) is 11.0 Å². The molecule has 128 valence electrons. The average molecular weight is 353 g/mol. The molecule has 0 saturated heterocycles. The lowest BCUT2D eigenvalue weighted by Crippen LogP contribution is -2.21. The van der Waals surface area contributed by atoms with E-state index in [1.165, 1.54) is 11.8 Å². The van der Waals surface area contributed by atoms with E-state index >= 15 is 0 Å². The molecule has 3 rings (SSSR count). The highest BCUT2D eigenvalue weighted by Gasteiger charge is 2.11. The third kappa shape index (κ3) is 4.06. The number of carbonyl (C=O) groups is 1. The molecule has 0 unspecified atom stereocenters. The molecule has 2 heterocycles. The molecule has 6 nitrogen and oxygen atoms in total. The van der Waals surface area contributed by atoms with Crippen LogP contribution in [0.15, 0.2) is 59.0 Å². The lowest BCUT2D eigenvalue weighted by atomic mass is 10.2. The van der Waals surface area contributed by atoms with Crippen molar-refractivity contribution in [3.8, 4) is 0 Å². The fourth-order valence-corrected chi connectivity index (χ4v) is 3.31. The van der Waals surface area contributed by atoms with Crippen LogP contribution in [-0.4, -0.2) is 31.9 Å². The number of hydrogen-bond acceptors (Lipinski definition) is 5. The van der Waals surface area contributed by atoms with Gasteiger partial charge >= 0.3 is 0 Å². The number of imidazole rings is 1. The first kappa shape index (κ1) is 17.2. The highest BCUT2D eigenvalue weighted by molar-refractivity contribution is 7.99. The minimum absolute atomic E-state index is 0.159. The van der Waals surface area contributed by atoms with Crippen LogP contribution >= 0.6 is 11.8 Å². The molecule has 0 aliphatic heterocycles. The zero-order chi connectivity index (χ0) is 17.6. The molecule has 1 N–H and O–H groups in total. The predicted octanol–water partition coefficient (Wildman–Crippen LogP) is 3.08. The van der Waals surface area contributed by atoms with Crippen LogP contribution in [-0.2, 0) is 11.3 Å². The summed E-state index contributed by atoms with van der Waals surface area (Å²) in [7, 11) is 0. The first-order chi connectivity index (χ1) is 12.2. The van der Waals surface area contributed by atoms with Crippen molar-refractivity contribution >= 4 is 34.4 Å². The van der Waals surface area contributed by atoms with Crippen LogP contribution in [0.5, 0.6) is 0 Å². The number of nitrogens with zero attached hydrogens (tertiary/aromatic N) is 4. The van der Waals surface area contributed by atoms with Crippen molar-refractivity contribution in [2.75, 3.05) is 5.75 Å². The predicted molar refractivity (Wildman–Crippen MR) is 101 cm³/mol. The molecule has 0 radical (unpaired) electrons. The summed E-state index contributed by atoms with van der Waals surface area (Å²) < 4.78 is 2.11. The molecule has 0 atom stereocenters. The molecule has 0 bridgehead atoms. The maximum absolute atomic E-state index is 12.1. The van der Waals surface area contributed by atoms with Crippen molar-refractivity contribution in [1.29, 1.82) is 0 Å². The van der Waals surface area contributed by atoms with Crippen molar-refractivity contribution in [3.05, 3.63) is 54.4 Å². The van der Waals surface area contributed by atoms with E-state index in [2.05, 4.69) is 32.0 Å². The Morgan fingerprint density at radius 3 is 2.76 bits per heavy atom. The molecule has 2 aromatic heterocycles. The summed E-state index contributed by atoms with van der Waals surface area (Å²) in [5.74, 6) is 0.101. The van der Waals surface area contributed by atoms with E-state index in [0.29, 0.717) is 0 Å². The van der Waals surface area contributed by atoms with Crippen LogP contribution in [0.2, 0.25) is 0 Å². The van der Waals surface area contributed by atoms with Gasteiger partial charge in [-0.05, 0) is 38.1 Å². The van der Waals surface area contributed by atoms with Gasteiger partial charge in [-0.3, -0.25) is 9.78 Å². The number of hydrazone groups is 1. The average Bonchev–Trinajstić information content (AvgIpc) is 3.02. The minimum atomic E-state index is -0.159. The van der Waals surface area contributed by atoms with Crippen LogP contribution in [0, 0.1) is 0 Å². The molecule has 0 aliphatic carbocycles. The first-order valence-corrected chi connectivity index (χ1v) is 8.99. The van der Waals surface area contributed by atoms with E-state index < -0.39 is 0 Å². The maximum atomic E-state index is 12.1. The molecular weight excluding hydrogens is 334 g/mol. The molecule has 0 spiro atoms. The first-order valence-electron chi connectivity index (χ1n) is 8.00. The molecule has 1 amide bonds. The number of amides is 1. The molecule has 7 heteroatoms. The smallest absolute Gasteiger partial charge is 0.250 e. The molecule has 25 heavy (non-hydrogen) atoms. The monoisotopic (exact) mass is 353 g/mol. The highest BCUT2D eigenvalue weighted by Crippen LogP contribution is 2.23. The second-order valence-electron chi connectivity index (χ2n) is 5.38. The maximum Gasteiger partial charge on any atom is 0.250 e. The summed E-state index contributed by atoms with van der Waals surface area (Å²) in [5, 5.41) is 4.98. The van der Waals surface area contributed by atoms with Crippen LogP contribution in [0.1, 0.15) is 19.4 Å². The van der Waals surface area contributed by atoms with Gasteiger partial charge in [-0.25, -0.2) is 10.4 Å². The largest absolute Gasteiger partial charge is 0.319 e. The van der Waals surface area contributed by atoms with Gasteiger partial charge in [0, 0.05) is 24.5 Å². The van der Waals surface area contributed by atoms with E-state index in [1.54, 1.807) is 12.4 Å². The fraction of sp³-hybridized carbons (Fsp3) is 0.222. The Kier molecular flexibility index (Phi) is 5.45. The Hall–Kier alpha value is -2.67. The number of pyridine rings is 1. The summed E-state index contributed by atoms with van der Waals surface area (Å²) in [6, 6.07) is 11.7. The van der Waals surface area contributed by atoms with Gasteiger partial charge in [0.25, 0.3) is 5.91 Å². The molecule has 0 aliphatic rings. The van der Waals surface area contributed by atoms with Gasteiger partial charge in [-0.15, -0.1) is 0 Å².